The molecule has 0 aliphatic rings. The first-order valence-electron chi connectivity index (χ1n) is 4.22. The van der Waals surface area contributed by atoms with Crippen molar-refractivity contribution in [1.82, 2.24) is 0 Å². The molecule has 0 spiro atoms. The molecule has 0 saturated carbocycles. The van der Waals surface area contributed by atoms with Crippen molar-refractivity contribution in [1.29, 1.82) is 5.26 Å². The van der Waals surface area contributed by atoms with Crippen molar-refractivity contribution >= 4 is 40.0 Å². The van der Waals surface area contributed by atoms with Crippen LogP contribution in [0.4, 0.5) is 13.2 Å². The monoisotopic (exact) mass is 373 g/mol. The molecule has 17 heavy (non-hydrogen) atoms. The largest absolute Gasteiger partial charge is 0.418 e. The number of benzene rings is 1. The van der Waals surface area contributed by atoms with Crippen molar-refractivity contribution in [3.8, 4) is 6.07 Å². The van der Waals surface area contributed by atoms with Crippen LogP contribution in [0.3, 0.4) is 0 Å². The molecule has 0 amide bonds. The normalized spacial score (nSPS) is 11.1. The van der Waals surface area contributed by atoms with Crippen molar-refractivity contribution in [2.24, 2.45) is 0 Å². The standard InChI is InChI=1S/C10H4ClF3INO/c11-3-7(17)8-5(4-16)1-2-6(15)9(8)10(12,13)14/h1-2H,3H2. The fraction of sp³-hybridized carbons (Fsp3) is 0.200. The number of halogens is 5. The van der Waals surface area contributed by atoms with Crippen LogP contribution in [0.15, 0.2) is 12.1 Å². The number of ketones is 1. The topological polar surface area (TPSA) is 40.9 Å². The first-order valence-corrected chi connectivity index (χ1v) is 5.83. The zero-order valence-corrected chi connectivity index (χ0v) is 11.0. The van der Waals surface area contributed by atoms with Crippen molar-refractivity contribution in [2.75, 3.05) is 5.88 Å². The van der Waals surface area contributed by atoms with Crippen LogP contribution in [0.1, 0.15) is 21.5 Å². The first kappa shape index (κ1) is 14.3. The summed E-state index contributed by atoms with van der Waals surface area (Å²) < 4.78 is 38.3. The Morgan fingerprint density at radius 2 is 2.06 bits per heavy atom. The molecule has 0 fully saturated rings. The highest BCUT2D eigenvalue weighted by Crippen LogP contribution is 2.37. The number of carbonyl (C=O) groups is 1. The molecule has 90 valence electrons. The number of carbonyl (C=O) groups excluding carboxylic acids is 1. The molecule has 0 radical (unpaired) electrons. The summed E-state index contributed by atoms with van der Waals surface area (Å²) in [5.74, 6) is -1.51. The van der Waals surface area contributed by atoms with E-state index in [1.54, 1.807) is 6.07 Å². The first-order chi connectivity index (χ1) is 7.82. The Hall–Kier alpha value is -0.810. The molecule has 1 rings (SSSR count). The van der Waals surface area contributed by atoms with Crippen LogP contribution in [-0.2, 0) is 6.18 Å². The minimum Gasteiger partial charge on any atom is -0.293 e. The average Bonchev–Trinajstić information content (AvgIpc) is 2.25. The van der Waals surface area contributed by atoms with Gasteiger partial charge >= 0.3 is 6.18 Å². The molecule has 0 unspecified atom stereocenters. The Morgan fingerprint density at radius 1 is 1.47 bits per heavy atom. The zero-order chi connectivity index (χ0) is 13.2. The third-order valence-corrected chi connectivity index (χ3v) is 3.10. The fourth-order valence-corrected chi connectivity index (χ4v) is 2.19. The maximum atomic E-state index is 12.8. The van der Waals surface area contributed by atoms with Crippen LogP contribution in [0.25, 0.3) is 0 Å². The lowest BCUT2D eigenvalue weighted by atomic mass is 9.98. The number of rotatable bonds is 2. The predicted octanol–water partition coefficient (Wildman–Crippen LogP) is 3.60. The maximum Gasteiger partial charge on any atom is 0.418 e. The third kappa shape index (κ3) is 2.90. The lowest BCUT2D eigenvalue weighted by molar-refractivity contribution is -0.138. The van der Waals surface area contributed by atoms with Gasteiger partial charge in [0.15, 0.2) is 5.78 Å². The van der Waals surface area contributed by atoms with Gasteiger partial charge in [0.2, 0.25) is 0 Å². The molecule has 0 N–H and O–H groups in total. The van der Waals surface area contributed by atoms with E-state index in [0.29, 0.717) is 0 Å². The van der Waals surface area contributed by atoms with Crippen molar-refractivity contribution in [3.05, 3.63) is 32.4 Å². The smallest absolute Gasteiger partial charge is 0.293 e. The minimum atomic E-state index is -4.69. The summed E-state index contributed by atoms with van der Waals surface area (Å²) in [6, 6.07) is 3.89. The fourth-order valence-electron chi connectivity index (χ4n) is 1.30. The summed E-state index contributed by atoms with van der Waals surface area (Å²) in [6.07, 6.45) is -4.69. The van der Waals surface area contributed by atoms with E-state index in [4.69, 9.17) is 16.9 Å². The van der Waals surface area contributed by atoms with E-state index in [0.717, 1.165) is 6.07 Å². The maximum absolute atomic E-state index is 12.8. The van der Waals surface area contributed by atoms with Gasteiger partial charge in [-0.25, -0.2) is 0 Å². The van der Waals surface area contributed by atoms with Gasteiger partial charge in [0.05, 0.1) is 23.1 Å². The van der Waals surface area contributed by atoms with E-state index < -0.39 is 29.0 Å². The molecule has 0 saturated heterocycles. The number of alkyl halides is 4. The molecule has 1 aromatic rings. The van der Waals surface area contributed by atoms with Gasteiger partial charge in [-0.15, -0.1) is 11.6 Å². The van der Waals surface area contributed by atoms with E-state index in [1.807, 2.05) is 0 Å². The van der Waals surface area contributed by atoms with Crippen molar-refractivity contribution < 1.29 is 18.0 Å². The van der Waals surface area contributed by atoms with Gasteiger partial charge in [0.25, 0.3) is 0 Å². The molecular formula is C10H4ClF3INO. The third-order valence-electron chi connectivity index (χ3n) is 1.96. The Labute approximate surface area is 114 Å². The van der Waals surface area contributed by atoms with E-state index in [9.17, 15) is 18.0 Å². The molecule has 0 atom stereocenters. The summed E-state index contributed by atoms with van der Waals surface area (Å²) in [6.45, 7) is 0. The van der Waals surface area contributed by atoms with Crippen LogP contribution in [-0.4, -0.2) is 11.7 Å². The van der Waals surface area contributed by atoms with Gasteiger partial charge in [0.1, 0.15) is 0 Å². The second kappa shape index (κ2) is 5.23. The molecule has 7 heteroatoms. The quantitative estimate of drug-likeness (QED) is 0.451. The molecule has 0 aromatic heterocycles. The summed E-state index contributed by atoms with van der Waals surface area (Å²) in [5.41, 5.74) is -2.06. The minimum absolute atomic E-state index is 0.137. The van der Waals surface area contributed by atoms with Crippen LogP contribution in [0, 0.1) is 14.9 Å². The summed E-state index contributed by atoms with van der Waals surface area (Å²) >= 11 is 6.73. The number of hydrogen-bond acceptors (Lipinski definition) is 2. The average molecular weight is 373 g/mol. The highest BCUT2D eigenvalue weighted by atomic mass is 127. The number of hydrogen-bond donors (Lipinski definition) is 0. The number of nitrogens with zero attached hydrogens (tertiary/aromatic N) is 1. The summed E-state index contributed by atoms with van der Waals surface area (Å²) in [4.78, 5) is 11.4. The van der Waals surface area contributed by atoms with Gasteiger partial charge in [-0.3, -0.25) is 4.79 Å². The molecule has 0 aliphatic heterocycles. The van der Waals surface area contributed by atoms with Gasteiger partial charge in [-0.1, -0.05) is 0 Å². The second-order valence-corrected chi connectivity index (χ2v) is 4.44. The van der Waals surface area contributed by atoms with Crippen LogP contribution in [0.2, 0.25) is 0 Å². The van der Waals surface area contributed by atoms with Gasteiger partial charge in [0, 0.05) is 9.13 Å². The van der Waals surface area contributed by atoms with Crippen molar-refractivity contribution in [2.45, 2.75) is 6.18 Å². The molecule has 0 heterocycles. The van der Waals surface area contributed by atoms with Gasteiger partial charge in [-0.2, -0.15) is 18.4 Å². The highest BCUT2D eigenvalue weighted by Gasteiger charge is 2.38. The molecular weight excluding hydrogens is 369 g/mol. The molecule has 0 bridgehead atoms. The Kier molecular flexibility index (Phi) is 4.38. The Balaban J connectivity index is 3.67. The van der Waals surface area contributed by atoms with E-state index in [1.165, 1.54) is 28.7 Å². The van der Waals surface area contributed by atoms with E-state index in [-0.39, 0.29) is 9.13 Å². The van der Waals surface area contributed by atoms with Crippen LogP contribution >= 0.6 is 34.2 Å². The summed E-state index contributed by atoms with van der Waals surface area (Å²) in [5, 5.41) is 8.73. The number of Topliss-reactive ketones (excluding diaryl/α,β-unsaturated/α-hetero) is 1. The van der Waals surface area contributed by atoms with E-state index >= 15 is 0 Å². The molecule has 2 nitrogen and oxygen atoms in total. The molecule has 1 aromatic carbocycles. The summed E-state index contributed by atoms with van der Waals surface area (Å²) in [7, 11) is 0. The SMILES string of the molecule is N#Cc1ccc(I)c(C(F)(F)F)c1C(=O)CCl. The highest BCUT2D eigenvalue weighted by molar-refractivity contribution is 14.1. The lowest BCUT2D eigenvalue weighted by Gasteiger charge is -2.14. The predicted molar refractivity (Wildman–Crippen MR) is 63.9 cm³/mol. The van der Waals surface area contributed by atoms with Crippen LogP contribution < -0.4 is 0 Å². The second-order valence-electron chi connectivity index (χ2n) is 3.01. The Bertz CT molecular complexity index is 507. The van der Waals surface area contributed by atoms with Crippen LogP contribution in [0.5, 0.6) is 0 Å². The molecule has 0 aliphatic carbocycles. The lowest BCUT2D eigenvalue weighted by Crippen LogP contribution is -2.17. The van der Waals surface area contributed by atoms with E-state index in [2.05, 4.69) is 0 Å². The van der Waals surface area contributed by atoms with Gasteiger partial charge in [-0.05, 0) is 34.7 Å². The van der Waals surface area contributed by atoms with Gasteiger partial charge < -0.3 is 0 Å². The number of nitriles is 1. The Morgan fingerprint density at radius 3 is 2.47 bits per heavy atom. The zero-order valence-electron chi connectivity index (χ0n) is 8.11. The van der Waals surface area contributed by atoms with Crippen molar-refractivity contribution in [3.63, 3.8) is 0 Å².